The Bertz CT molecular complexity index is 426. The van der Waals surface area contributed by atoms with Crippen LogP contribution in [0, 0.1) is 11.8 Å². The fraction of sp³-hybridized carbons (Fsp3) is 0.500. The molecule has 1 atom stereocenters. The van der Waals surface area contributed by atoms with Crippen molar-refractivity contribution in [3.8, 4) is 0 Å². The van der Waals surface area contributed by atoms with Gasteiger partial charge in [-0.15, -0.1) is 0 Å². The highest BCUT2D eigenvalue weighted by Gasteiger charge is 2.06. The van der Waals surface area contributed by atoms with Crippen LogP contribution in [0.1, 0.15) is 39.2 Å². The third kappa shape index (κ3) is 8.90. The van der Waals surface area contributed by atoms with Gasteiger partial charge in [0.1, 0.15) is 6.61 Å². The summed E-state index contributed by atoms with van der Waals surface area (Å²) in [5.74, 6) is 1.05. The van der Waals surface area contributed by atoms with Gasteiger partial charge in [0.05, 0.1) is 0 Å². The van der Waals surface area contributed by atoms with Crippen molar-refractivity contribution < 1.29 is 9.53 Å². The lowest BCUT2D eigenvalue weighted by molar-refractivity contribution is 0.138. The first-order valence-corrected chi connectivity index (χ1v) is 7.69. The maximum absolute atomic E-state index is 11.6. The molecule has 3 heteroatoms. The molecule has 1 aromatic rings. The number of carbonyl (C=O) groups is 1. The van der Waals surface area contributed by atoms with E-state index in [1.807, 2.05) is 30.3 Å². The van der Waals surface area contributed by atoms with Gasteiger partial charge in [-0.25, -0.2) is 4.79 Å². The van der Waals surface area contributed by atoms with Crippen LogP contribution in [0.2, 0.25) is 0 Å². The zero-order chi connectivity index (χ0) is 15.5. The lowest BCUT2D eigenvalue weighted by atomic mass is 10.0. The minimum Gasteiger partial charge on any atom is -0.445 e. The van der Waals surface area contributed by atoms with Crippen LogP contribution in [0.5, 0.6) is 0 Å². The van der Waals surface area contributed by atoms with E-state index in [0.29, 0.717) is 25.0 Å². The highest BCUT2D eigenvalue weighted by atomic mass is 16.5. The number of rotatable bonds is 8. The Kier molecular flexibility index (Phi) is 8.25. The second kappa shape index (κ2) is 10.0. The number of amides is 1. The van der Waals surface area contributed by atoms with Crippen LogP contribution >= 0.6 is 0 Å². The van der Waals surface area contributed by atoms with Crippen LogP contribution in [-0.4, -0.2) is 12.6 Å². The van der Waals surface area contributed by atoms with E-state index in [0.717, 1.165) is 18.4 Å². The van der Waals surface area contributed by atoms with Crippen molar-refractivity contribution in [2.24, 2.45) is 11.8 Å². The smallest absolute Gasteiger partial charge is 0.407 e. The first-order valence-electron chi connectivity index (χ1n) is 7.69. The molecule has 0 radical (unpaired) electrons. The van der Waals surface area contributed by atoms with Gasteiger partial charge >= 0.3 is 6.09 Å². The predicted molar refractivity (Wildman–Crippen MR) is 87.0 cm³/mol. The quantitative estimate of drug-likeness (QED) is 0.713. The molecule has 0 saturated heterocycles. The number of allylic oxidation sites excluding steroid dienone is 2. The summed E-state index contributed by atoms with van der Waals surface area (Å²) in [6, 6.07) is 9.69. The summed E-state index contributed by atoms with van der Waals surface area (Å²) >= 11 is 0. The molecule has 1 rings (SSSR count). The number of nitrogens with one attached hydrogen (secondary N) is 1. The minimum absolute atomic E-state index is 0.318. The summed E-state index contributed by atoms with van der Waals surface area (Å²) in [5, 5.41) is 2.82. The standard InChI is InChI=1S/C18H27NO2/c1-15(2)9-7-8-10-16(3)13-19-18(20)21-14-17-11-5-4-6-12-17/h4-7,9,11-12,15-16H,8,10,13-14H2,1-3H3,(H,19,20)/b9-7+/t16-/m0/s1. The lowest BCUT2D eigenvalue weighted by Gasteiger charge is -2.12. The van der Waals surface area contributed by atoms with Crippen molar-refractivity contribution in [2.75, 3.05) is 6.54 Å². The van der Waals surface area contributed by atoms with E-state index in [1.54, 1.807) is 0 Å². The molecule has 1 amide bonds. The van der Waals surface area contributed by atoms with Gasteiger partial charge in [0.2, 0.25) is 0 Å². The third-order valence-corrected chi connectivity index (χ3v) is 3.15. The molecule has 21 heavy (non-hydrogen) atoms. The summed E-state index contributed by atoms with van der Waals surface area (Å²) in [4.78, 5) is 11.6. The molecule has 1 N–H and O–H groups in total. The fourth-order valence-corrected chi connectivity index (χ4v) is 1.88. The molecule has 0 heterocycles. The second-order valence-electron chi connectivity index (χ2n) is 5.80. The van der Waals surface area contributed by atoms with Crippen molar-refractivity contribution in [3.05, 3.63) is 48.0 Å². The summed E-state index contributed by atoms with van der Waals surface area (Å²) < 4.78 is 5.17. The van der Waals surface area contributed by atoms with Gasteiger partial charge in [-0.2, -0.15) is 0 Å². The Morgan fingerprint density at radius 2 is 1.95 bits per heavy atom. The molecular formula is C18H27NO2. The molecule has 1 aromatic carbocycles. The molecule has 0 bridgehead atoms. The van der Waals surface area contributed by atoms with Crippen LogP contribution in [0.15, 0.2) is 42.5 Å². The molecule has 0 saturated carbocycles. The summed E-state index contributed by atoms with van der Waals surface area (Å²) in [6.07, 6.45) is 6.22. The predicted octanol–water partition coefficient (Wildman–Crippen LogP) is 4.54. The zero-order valence-corrected chi connectivity index (χ0v) is 13.3. The monoisotopic (exact) mass is 289 g/mol. The number of alkyl carbamates (subject to hydrolysis) is 1. The minimum atomic E-state index is -0.344. The topological polar surface area (TPSA) is 38.3 Å². The van der Waals surface area contributed by atoms with Crippen LogP contribution in [-0.2, 0) is 11.3 Å². The van der Waals surface area contributed by atoms with E-state index in [1.165, 1.54) is 0 Å². The molecule has 0 unspecified atom stereocenters. The highest BCUT2D eigenvalue weighted by molar-refractivity contribution is 5.67. The van der Waals surface area contributed by atoms with E-state index in [4.69, 9.17) is 4.74 Å². The average Bonchev–Trinajstić information content (AvgIpc) is 2.48. The summed E-state index contributed by atoms with van der Waals surface area (Å²) in [5.41, 5.74) is 1.000. The Morgan fingerprint density at radius 1 is 1.24 bits per heavy atom. The lowest BCUT2D eigenvalue weighted by Crippen LogP contribution is -2.28. The average molecular weight is 289 g/mol. The van der Waals surface area contributed by atoms with Crippen molar-refractivity contribution in [1.82, 2.24) is 5.32 Å². The third-order valence-electron chi connectivity index (χ3n) is 3.15. The maximum Gasteiger partial charge on any atom is 0.407 e. The SMILES string of the molecule is CC(C)/C=C/CC[C@H](C)CNC(=O)OCc1ccccc1. The van der Waals surface area contributed by atoms with Crippen molar-refractivity contribution in [3.63, 3.8) is 0 Å². The maximum atomic E-state index is 11.6. The first kappa shape index (κ1) is 17.3. The Morgan fingerprint density at radius 3 is 2.62 bits per heavy atom. The molecular weight excluding hydrogens is 262 g/mol. The van der Waals surface area contributed by atoms with Crippen molar-refractivity contribution >= 4 is 6.09 Å². The molecule has 0 aromatic heterocycles. The number of carbonyl (C=O) groups excluding carboxylic acids is 1. The van der Waals surface area contributed by atoms with Gasteiger partial charge in [-0.05, 0) is 30.2 Å². The Balaban J connectivity index is 2.12. The zero-order valence-electron chi connectivity index (χ0n) is 13.3. The Labute approximate surface area is 128 Å². The number of hydrogen-bond donors (Lipinski definition) is 1. The van der Waals surface area contributed by atoms with Gasteiger partial charge in [0, 0.05) is 6.54 Å². The van der Waals surface area contributed by atoms with Crippen LogP contribution in [0.4, 0.5) is 4.79 Å². The van der Waals surface area contributed by atoms with Gasteiger partial charge in [-0.1, -0.05) is 63.3 Å². The first-order chi connectivity index (χ1) is 10.1. The normalized spacial score (nSPS) is 12.6. The van der Waals surface area contributed by atoms with E-state index in [9.17, 15) is 4.79 Å². The van der Waals surface area contributed by atoms with E-state index in [-0.39, 0.29) is 6.09 Å². The molecule has 0 aliphatic heterocycles. The van der Waals surface area contributed by atoms with Gasteiger partial charge in [0.15, 0.2) is 0 Å². The van der Waals surface area contributed by atoms with Gasteiger partial charge < -0.3 is 10.1 Å². The number of benzene rings is 1. The number of hydrogen-bond acceptors (Lipinski definition) is 2. The largest absolute Gasteiger partial charge is 0.445 e. The van der Waals surface area contributed by atoms with E-state index < -0.39 is 0 Å². The molecule has 3 nitrogen and oxygen atoms in total. The van der Waals surface area contributed by atoms with Crippen molar-refractivity contribution in [1.29, 1.82) is 0 Å². The summed E-state index contributed by atoms with van der Waals surface area (Å²) in [6.45, 7) is 7.45. The van der Waals surface area contributed by atoms with Crippen LogP contribution < -0.4 is 5.32 Å². The van der Waals surface area contributed by atoms with Crippen LogP contribution in [0.25, 0.3) is 0 Å². The molecule has 0 spiro atoms. The molecule has 0 fully saturated rings. The number of ether oxygens (including phenoxy) is 1. The second-order valence-corrected chi connectivity index (χ2v) is 5.80. The fourth-order valence-electron chi connectivity index (χ4n) is 1.88. The highest BCUT2D eigenvalue weighted by Crippen LogP contribution is 2.07. The Hall–Kier alpha value is -1.77. The van der Waals surface area contributed by atoms with E-state index in [2.05, 4.69) is 38.2 Å². The molecule has 0 aliphatic carbocycles. The van der Waals surface area contributed by atoms with Gasteiger partial charge in [0.25, 0.3) is 0 Å². The molecule has 0 aliphatic rings. The summed E-state index contributed by atoms with van der Waals surface area (Å²) in [7, 11) is 0. The molecule has 116 valence electrons. The van der Waals surface area contributed by atoms with Crippen LogP contribution in [0.3, 0.4) is 0 Å². The van der Waals surface area contributed by atoms with Gasteiger partial charge in [-0.3, -0.25) is 0 Å². The van der Waals surface area contributed by atoms with E-state index >= 15 is 0 Å². The van der Waals surface area contributed by atoms with Crippen molar-refractivity contribution in [2.45, 2.75) is 40.2 Å².